The minimum absolute atomic E-state index is 0.00907. The van der Waals surface area contributed by atoms with Gasteiger partial charge in [0.25, 0.3) is 0 Å². The molecule has 1 aliphatic rings. The van der Waals surface area contributed by atoms with Gasteiger partial charge in [0.05, 0.1) is 6.42 Å². The fourth-order valence-corrected chi connectivity index (χ4v) is 3.03. The number of carbonyl (C=O) groups excluding carboxylic acids is 1. The van der Waals surface area contributed by atoms with Gasteiger partial charge in [0.1, 0.15) is 0 Å². The van der Waals surface area contributed by atoms with Crippen LogP contribution >= 0.6 is 23.2 Å². The van der Waals surface area contributed by atoms with Crippen molar-refractivity contribution < 1.29 is 4.79 Å². The van der Waals surface area contributed by atoms with Gasteiger partial charge in [0, 0.05) is 48.8 Å². The summed E-state index contributed by atoms with van der Waals surface area (Å²) in [4.78, 5) is 16.8. The van der Waals surface area contributed by atoms with Gasteiger partial charge in [-0.1, -0.05) is 29.3 Å². The summed E-state index contributed by atoms with van der Waals surface area (Å²) < 4.78 is 0. The second kappa shape index (κ2) is 8.16. The second-order valence-corrected chi connectivity index (χ2v) is 6.75. The van der Waals surface area contributed by atoms with Crippen LogP contribution in [0.5, 0.6) is 0 Å². The van der Waals surface area contributed by atoms with Gasteiger partial charge in [-0.15, -0.1) is 0 Å². The van der Waals surface area contributed by atoms with Crippen LogP contribution < -0.4 is 5.32 Å². The number of hydrogen-bond donors (Lipinski definition) is 1. The average molecular weight is 344 g/mol. The summed E-state index contributed by atoms with van der Waals surface area (Å²) >= 11 is 12.0. The third-order valence-corrected chi connectivity index (χ3v) is 4.71. The molecule has 1 saturated heterocycles. The first-order chi connectivity index (χ1) is 10.5. The van der Waals surface area contributed by atoms with E-state index in [4.69, 9.17) is 23.2 Å². The number of likely N-dealkylation sites (N-methyl/N-ethyl adjacent to an activating group) is 1. The molecule has 22 heavy (non-hydrogen) atoms. The predicted molar refractivity (Wildman–Crippen MR) is 91.7 cm³/mol. The molecular weight excluding hydrogens is 321 g/mol. The Kier molecular flexibility index (Phi) is 6.50. The van der Waals surface area contributed by atoms with E-state index in [-0.39, 0.29) is 12.3 Å². The van der Waals surface area contributed by atoms with Crippen molar-refractivity contribution in [2.24, 2.45) is 0 Å². The van der Waals surface area contributed by atoms with Crippen LogP contribution in [0.2, 0.25) is 10.0 Å². The maximum atomic E-state index is 12.1. The van der Waals surface area contributed by atoms with E-state index in [1.807, 2.05) is 0 Å². The maximum Gasteiger partial charge on any atom is 0.224 e. The molecule has 2 rings (SSSR count). The minimum atomic E-state index is -0.00907. The van der Waals surface area contributed by atoms with Crippen LogP contribution in [0, 0.1) is 0 Å². The molecule has 0 aromatic heterocycles. The maximum absolute atomic E-state index is 12.1. The van der Waals surface area contributed by atoms with Gasteiger partial charge in [0.2, 0.25) is 5.91 Å². The number of hydrogen-bond acceptors (Lipinski definition) is 3. The Bertz CT molecular complexity index is 516. The first kappa shape index (κ1) is 17.5. The summed E-state index contributed by atoms with van der Waals surface area (Å²) in [6.45, 7) is 7.08. The molecule has 0 unspecified atom stereocenters. The van der Waals surface area contributed by atoms with Crippen molar-refractivity contribution in [3.05, 3.63) is 33.8 Å². The van der Waals surface area contributed by atoms with E-state index in [2.05, 4.69) is 29.1 Å². The van der Waals surface area contributed by atoms with Crippen LogP contribution in [-0.4, -0.2) is 61.5 Å². The summed E-state index contributed by atoms with van der Waals surface area (Å²) in [6, 6.07) is 5.56. The second-order valence-electron chi connectivity index (χ2n) is 5.90. The van der Waals surface area contributed by atoms with Crippen molar-refractivity contribution in [3.8, 4) is 0 Å². The molecule has 1 aromatic carbocycles. The summed E-state index contributed by atoms with van der Waals surface area (Å²) in [5, 5.41) is 4.11. The van der Waals surface area contributed by atoms with E-state index >= 15 is 0 Å². The lowest BCUT2D eigenvalue weighted by molar-refractivity contribution is -0.120. The fraction of sp³-hybridized carbons (Fsp3) is 0.562. The van der Waals surface area contributed by atoms with E-state index < -0.39 is 0 Å². The van der Waals surface area contributed by atoms with Crippen LogP contribution in [0.1, 0.15) is 12.5 Å². The largest absolute Gasteiger partial charge is 0.354 e. The molecule has 1 aliphatic heterocycles. The number of amides is 1. The van der Waals surface area contributed by atoms with Crippen molar-refractivity contribution in [2.75, 3.05) is 39.8 Å². The van der Waals surface area contributed by atoms with Gasteiger partial charge >= 0.3 is 0 Å². The Balaban J connectivity index is 1.77. The molecule has 0 spiro atoms. The Labute approximate surface area is 142 Å². The first-order valence-electron chi connectivity index (χ1n) is 7.59. The normalized spacial score (nSPS) is 18.2. The Morgan fingerprint density at radius 3 is 2.59 bits per heavy atom. The number of nitrogens with one attached hydrogen (secondary N) is 1. The number of nitrogens with zero attached hydrogens (tertiary/aromatic N) is 2. The molecule has 0 aliphatic carbocycles. The van der Waals surface area contributed by atoms with Crippen LogP contribution in [0.3, 0.4) is 0 Å². The number of rotatable bonds is 5. The third-order valence-electron chi connectivity index (χ3n) is 4.12. The average Bonchev–Trinajstić information content (AvgIpc) is 2.48. The zero-order valence-corrected chi connectivity index (χ0v) is 14.6. The van der Waals surface area contributed by atoms with E-state index in [1.165, 1.54) is 0 Å². The van der Waals surface area contributed by atoms with Crippen LogP contribution in [0.4, 0.5) is 0 Å². The Morgan fingerprint density at radius 1 is 1.27 bits per heavy atom. The molecule has 1 fully saturated rings. The molecule has 1 N–H and O–H groups in total. The van der Waals surface area contributed by atoms with Crippen LogP contribution in [0.25, 0.3) is 0 Å². The lowest BCUT2D eigenvalue weighted by atomic mass is 10.1. The zero-order valence-electron chi connectivity index (χ0n) is 13.1. The number of benzene rings is 1. The lowest BCUT2D eigenvalue weighted by Crippen LogP contribution is -2.51. The first-order valence-corrected chi connectivity index (χ1v) is 8.34. The smallest absolute Gasteiger partial charge is 0.224 e. The molecule has 0 saturated carbocycles. The molecule has 6 heteroatoms. The zero-order chi connectivity index (χ0) is 16.1. The van der Waals surface area contributed by atoms with Gasteiger partial charge in [-0.3, -0.25) is 9.69 Å². The van der Waals surface area contributed by atoms with E-state index in [0.717, 1.165) is 31.7 Å². The topological polar surface area (TPSA) is 35.6 Å². The van der Waals surface area contributed by atoms with Crippen molar-refractivity contribution in [1.29, 1.82) is 0 Å². The monoisotopic (exact) mass is 343 g/mol. The molecule has 1 heterocycles. The van der Waals surface area contributed by atoms with Crippen molar-refractivity contribution >= 4 is 29.1 Å². The molecule has 0 bridgehead atoms. The minimum Gasteiger partial charge on any atom is -0.354 e. The van der Waals surface area contributed by atoms with Crippen molar-refractivity contribution in [1.82, 2.24) is 15.1 Å². The summed E-state index contributed by atoms with van der Waals surface area (Å²) in [6.07, 6.45) is 0.283. The van der Waals surface area contributed by atoms with Gasteiger partial charge in [0.15, 0.2) is 0 Å². The summed E-state index contributed by atoms with van der Waals surface area (Å²) in [5.41, 5.74) is 0.802. The highest BCUT2D eigenvalue weighted by molar-refractivity contribution is 6.35. The summed E-state index contributed by atoms with van der Waals surface area (Å²) in [7, 11) is 2.14. The molecular formula is C16H23Cl2N3O. The van der Waals surface area contributed by atoms with E-state index in [9.17, 15) is 4.79 Å². The van der Waals surface area contributed by atoms with Gasteiger partial charge in [-0.25, -0.2) is 0 Å². The molecule has 4 nitrogen and oxygen atoms in total. The number of carbonyl (C=O) groups is 1. The SMILES string of the molecule is C[C@@H](CNC(=O)Cc1ccc(Cl)cc1Cl)N1CCN(C)CC1. The third kappa shape index (κ3) is 5.13. The highest BCUT2D eigenvalue weighted by atomic mass is 35.5. The van der Waals surface area contributed by atoms with E-state index in [0.29, 0.717) is 22.6 Å². The van der Waals surface area contributed by atoms with Crippen LogP contribution in [-0.2, 0) is 11.2 Å². The van der Waals surface area contributed by atoms with E-state index in [1.54, 1.807) is 18.2 Å². The van der Waals surface area contributed by atoms with Gasteiger partial charge in [-0.2, -0.15) is 0 Å². The Hall–Kier alpha value is -0.810. The number of piperazine rings is 1. The molecule has 1 aromatic rings. The van der Waals surface area contributed by atoms with Crippen molar-refractivity contribution in [2.45, 2.75) is 19.4 Å². The summed E-state index contributed by atoms with van der Waals surface area (Å²) in [5.74, 6) is -0.00907. The number of halogens is 2. The molecule has 1 atom stereocenters. The van der Waals surface area contributed by atoms with Gasteiger partial charge < -0.3 is 10.2 Å². The molecule has 1 amide bonds. The molecule has 122 valence electrons. The predicted octanol–water partition coefficient (Wildman–Crippen LogP) is 2.29. The van der Waals surface area contributed by atoms with Crippen LogP contribution in [0.15, 0.2) is 18.2 Å². The highest BCUT2D eigenvalue weighted by Gasteiger charge is 2.19. The Morgan fingerprint density at radius 2 is 1.95 bits per heavy atom. The quantitative estimate of drug-likeness (QED) is 0.890. The lowest BCUT2D eigenvalue weighted by Gasteiger charge is -2.36. The standard InChI is InChI=1S/C16H23Cl2N3O/c1-12(21-7-5-20(2)6-8-21)11-19-16(22)9-13-3-4-14(17)10-15(13)18/h3-4,10,12H,5-9,11H2,1-2H3,(H,19,22)/t12-/m0/s1. The van der Waals surface area contributed by atoms with Crippen molar-refractivity contribution in [3.63, 3.8) is 0 Å². The molecule has 0 radical (unpaired) electrons. The van der Waals surface area contributed by atoms with Gasteiger partial charge in [-0.05, 0) is 31.7 Å². The fourth-order valence-electron chi connectivity index (χ4n) is 2.55. The highest BCUT2D eigenvalue weighted by Crippen LogP contribution is 2.21.